The second-order valence-corrected chi connectivity index (χ2v) is 3.43. The third-order valence-corrected chi connectivity index (χ3v) is 2.13. The lowest BCUT2D eigenvalue weighted by molar-refractivity contribution is -0.144. The van der Waals surface area contributed by atoms with Crippen molar-refractivity contribution in [1.82, 2.24) is 5.32 Å². The summed E-state index contributed by atoms with van der Waals surface area (Å²) >= 11 is 0. The zero-order chi connectivity index (χ0) is 12.9. The molecular weight excluding hydrogens is 222 g/mol. The van der Waals surface area contributed by atoms with Crippen molar-refractivity contribution in [2.24, 2.45) is 0 Å². The van der Waals surface area contributed by atoms with Gasteiger partial charge in [0.2, 0.25) is 0 Å². The predicted octanol–water partition coefficient (Wildman–Crippen LogP) is 2.08. The van der Waals surface area contributed by atoms with E-state index in [0.717, 1.165) is 12.8 Å². The van der Waals surface area contributed by atoms with Crippen LogP contribution in [0.25, 0.3) is 0 Å². The van der Waals surface area contributed by atoms with E-state index >= 15 is 0 Å². The van der Waals surface area contributed by atoms with Gasteiger partial charge < -0.3 is 18.9 Å². The van der Waals surface area contributed by atoms with Crippen molar-refractivity contribution in [3.05, 3.63) is 0 Å². The van der Waals surface area contributed by atoms with E-state index in [1.807, 2.05) is 27.7 Å². The molecule has 0 heterocycles. The summed E-state index contributed by atoms with van der Waals surface area (Å²) < 4.78 is 21.2. The quantitative estimate of drug-likeness (QED) is 0.392. The van der Waals surface area contributed by atoms with Crippen LogP contribution in [0.2, 0.25) is 0 Å². The van der Waals surface area contributed by atoms with Gasteiger partial charge in [-0.1, -0.05) is 13.8 Å². The number of hydrogen-bond donors (Lipinski definition) is 0. The Morgan fingerprint density at radius 3 is 1.47 bits per heavy atom. The fourth-order valence-electron chi connectivity index (χ4n) is 1.14. The van der Waals surface area contributed by atoms with Gasteiger partial charge in [-0.25, -0.2) is 0 Å². The smallest absolute Gasteiger partial charge is 0.148 e. The Kier molecular flexibility index (Phi) is 12.1. The van der Waals surface area contributed by atoms with Crippen molar-refractivity contribution >= 4 is 0 Å². The third kappa shape index (κ3) is 9.50. The molecular formula is C12H26NO4. The summed E-state index contributed by atoms with van der Waals surface area (Å²) in [6, 6.07) is 0. The van der Waals surface area contributed by atoms with Gasteiger partial charge in [0.05, 0.1) is 0 Å². The first kappa shape index (κ1) is 16.8. The van der Waals surface area contributed by atoms with Crippen LogP contribution in [0.3, 0.4) is 0 Å². The summed E-state index contributed by atoms with van der Waals surface area (Å²) in [6.45, 7) is 9.76. The first-order valence-electron chi connectivity index (χ1n) is 6.36. The zero-order valence-electron chi connectivity index (χ0n) is 11.5. The van der Waals surface area contributed by atoms with Crippen LogP contribution in [0.4, 0.5) is 0 Å². The van der Waals surface area contributed by atoms with E-state index in [2.05, 4.69) is 5.32 Å². The monoisotopic (exact) mass is 248 g/mol. The molecule has 0 aromatic rings. The van der Waals surface area contributed by atoms with Crippen molar-refractivity contribution < 1.29 is 18.9 Å². The second kappa shape index (κ2) is 12.3. The number of rotatable bonds is 12. The highest BCUT2D eigenvalue weighted by Crippen LogP contribution is 2.03. The third-order valence-electron chi connectivity index (χ3n) is 2.13. The Labute approximate surface area is 105 Å². The SMILES string of the molecule is CCOCOC(CC)[N]C(CC)OCOCC. The molecule has 17 heavy (non-hydrogen) atoms. The fraction of sp³-hybridized carbons (Fsp3) is 1.00. The van der Waals surface area contributed by atoms with E-state index in [0.29, 0.717) is 13.2 Å². The zero-order valence-corrected chi connectivity index (χ0v) is 11.5. The van der Waals surface area contributed by atoms with Gasteiger partial charge in [-0.05, 0) is 26.7 Å². The average molecular weight is 248 g/mol. The Morgan fingerprint density at radius 2 is 1.18 bits per heavy atom. The summed E-state index contributed by atoms with van der Waals surface area (Å²) in [4.78, 5) is 0. The molecule has 0 aromatic carbocycles. The Morgan fingerprint density at radius 1 is 0.765 bits per heavy atom. The molecule has 1 radical (unpaired) electrons. The van der Waals surface area contributed by atoms with Gasteiger partial charge in [-0.3, -0.25) is 0 Å². The Bertz CT molecular complexity index is 141. The van der Waals surface area contributed by atoms with E-state index < -0.39 is 0 Å². The molecule has 0 amide bonds. The van der Waals surface area contributed by atoms with Crippen LogP contribution in [-0.4, -0.2) is 39.3 Å². The van der Waals surface area contributed by atoms with Crippen LogP contribution in [0, 0.1) is 0 Å². The molecule has 0 rings (SSSR count). The van der Waals surface area contributed by atoms with E-state index in [1.165, 1.54) is 0 Å². The molecule has 0 fully saturated rings. The highest BCUT2D eigenvalue weighted by atomic mass is 16.7. The minimum absolute atomic E-state index is 0.173. The minimum atomic E-state index is -0.173. The molecule has 0 aromatic heterocycles. The van der Waals surface area contributed by atoms with E-state index in [1.54, 1.807) is 0 Å². The first-order valence-corrected chi connectivity index (χ1v) is 6.36. The van der Waals surface area contributed by atoms with Gasteiger partial charge in [0.15, 0.2) is 0 Å². The summed E-state index contributed by atoms with van der Waals surface area (Å²) in [5.41, 5.74) is 0. The predicted molar refractivity (Wildman–Crippen MR) is 65.4 cm³/mol. The number of nitrogens with zero attached hydrogens (tertiary/aromatic N) is 1. The normalized spacial score (nSPS) is 14.8. The topological polar surface area (TPSA) is 51.0 Å². The van der Waals surface area contributed by atoms with Crippen LogP contribution in [0.5, 0.6) is 0 Å². The van der Waals surface area contributed by atoms with Gasteiger partial charge in [0.25, 0.3) is 0 Å². The molecule has 2 unspecified atom stereocenters. The van der Waals surface area contributed by atoms with Gasteiger partial charge in [0.1, 0.15) is 26.0 Å². The first-order chi connectivity index (χ1) is 8.28. The van der Waals surface area contributed by atoms with E-state index in [9.17, 15) is 0 Å². The van der Waals surface area contributed by atoms with Crippen LogP contribution >= 0.6 is 0 Å². The van der Waals surface area contributed by atoms with E-state index in [4.69, 9.17) is 18.9 Å². The maximum absolute atomic E-state index is 5.46. The molecule has 0 aliphatic heterocycles. The molecule has 0 saturated carbocycles. The average Bonchev–Trinajstić information content (AvgIpc) is 2.36. The van der Waals surface area contributed by atoms with Crippen molar-refractivity contribution in [2.45, 2.75) is 53.0 Å². The molecule has 103 valence electrons. The van der Waals surface area contributed by atoms with Crippen molar-refractivity contribution in [3.63, 3.8) is 0 Å². The largest absolute Gasteiger partial charge is 0.356 e. The summed E-state index contributed by atoms with van der Waals surface area (Å²) in [5, 5.41) is 4.45. The van der Waals surface area contributed by atoms with Crippen LogP contribution in [0.15, 0.2) is 0 Å². The molecule has 0 spiro atoms. The van der Waals surface area contributed by atoms with E-state index in [-0.39, 0.29) is 26.0 Å². The molecule has 2 atom stereocenters. The summed E-state index contributed by atoms with van der Waals surface area (Å²) in [6.07, 6.45) is 1.27. The van der Waals surface area contributed by atoms with Gasteiger partial charge in [-0.15, -0.1) is 0 Å². The number of ether oxygens (including phenoxy) is 4. The molecule has 5 heteroatoms. The minimum Gasteiger partial charge on any atom is -0.356 e. The highest BCUT2D eigenvalue weighted by molar-refractivity contribution is 4.56. The molecule has 0 saturated heterocycles. The number of hydrogen-bond acceptors (Lipinski definition) is 4. The van der Waals surface area contributed by atoms with Gasteiger partial charge in [-0.2, -0.15) is 5.32 Å². The Balaban J connectivity index is 3.77. The van der Waals surface area contributed by atoms with Crippen LogP contribution in [-0.2, 0) is 18.9 Å². The maximum Gasteiger partial charge on any atom is 0.148 e. The molecule has 0 aliphatic rings. The van der Waals surface area contributed by atoms with Gasteiger partial charge >= 0.3 is 0 Å². The second-order valence-electron chi connectivity index (χ2n) is 3.43. The Hall–Kier alpha value is -0.200. The van der Waals surface area contributed by atoms with Crippen molar-refractivity contribution in [1.29, 1.82) is 0 Å². The molecule has 0 aliphatic carbocycles. The molecule has 0 bridgehead atoms. The maximum atomic E-state index is 5.46. The highest BCUT2D eigenvalue weighted by Gasteiger charge is 2.15. The lowest BCUT2D eigenvalue weighted by atomic mass is 10.3. The van der Waals surface area contributed by atoms with Crippen LogP contribution in [0.1, 0.15) is 40.5 Å². The standard InChI is InChI=1S/C12H26NO4/c1-5-11(16-9-14-7-3)13-12(6-2)17-10-15-8-4/h11-12H,5-10H2,1-4H3. The van der Waals surface area contributed by atoms with Crippen molar-refractivity contribution in [2.75, 3.05) is 26.8 Å². The van der Waals surface area contributed by atoms with Crippen LogP contribution < -0.4 is 5.32 Å². The lowest BCUT2D eigenvalue weighted by Crippen LogP contribution is -2.35. The summed E-state index contributed by atoms with van der Waals surface area (Å²) in [7, 11) is 0. The van der Waals surface area contributed by atoms with Gasteiger partial charge in [0, 0.05) is 13.2 Å². The molecule has 5 nitrogen and oxygen atoms in total. The molecule has 0 N–H and O–H groups in total. The fourth-order valence-corrected chi connectivity index (χ4v) is 1.14. The van der Waals surface area contributed by atoms with Crippen molar-refractivity contribution in [3.8, 4) is 0 Å². The summed E-state index contributed by atoms with van der Waals surface area (Å²) in [5.74, 6) is 0. The lowest BCUT2D eigenvalue weighted by Gasteiger charge is -2.22.